The Kier molecular flexibility index (Phi) is 5.32. The average molecular weight is 478 g/mol. The summed E-state index contributed by atoms with van der Waals surface area (Å²) in [5.41, 5.74) is 7.61. The number of rotatable bonds is 3. The number of phenolic OH excluding ortho intramolecular Hbond substituents is 1. The molecule has 0 aromatic heterocycles. The van der Waals surface area contributed by atoms with Crippen LogP contribution in [-0.4, -0.2) is 68.5 Å². The van der Waals surface area contributed by atoms with Crippen molar-refractivity contribution in [3.63, 3.8) is 0 Å². The Morgan fingerprint density at radius 3 is 2.45 bits per heavy atom. The van der Waals surface area contributed by atoms with Gasteiger partial charge in [0.25, 0.3) is 5.91 Å². The van der Waals surface area contributed by atoms with Crippen molar-refractivity contribution in [2.24, 2.45) is 23.3 Å². The number of nitrogens with zero attached hydrogens (tertiary/aromatic N) is 1. The van der Waals surface area contributed by atoms with Gasteiger partial charge in [0.05, 0.1) is 11.6 Å². The van der Waals surface area contributed by atoms with Crippen LogP contribution in [0.4, 0.5) is 0 Å². The van der Waals surface area contributed by atoms with E-state index in [1.54, 1.807) is 14.1 Å². The molecule has 1 amide bonds. The van der Waals surface area contributed by atoms with Crippen LogP contribution in [0.3, 0.4) is 0 Å². The highest BCUT2D eigenvalue weighted by Gasteiger charge is 2.63. The van der Waals surface area contributed by atoms with Crippen LogP contribution in [-0.2, 0) is 22.6 Å². The van der Waals surface area contributed by atoms with E-state index >= 15 is 0 Å². The van der Waals surface area contributed by atoms with Crippen molar-refractivity contribution >= 4 is 29.1 Å². The average Bonchev–Trinajstić information content (AvgIpc) is 2.72. The van der Waals surface area contributed by atoms with Crippen molar-refractivity contribution in [3.8, 4) is 5.75 Å². The lowest BCUT2D eigenvalue weighted by Gasteiger charge is -2.50. The lowest BCUT2D eigenvalue weighted by Crippen LogP contribution is -2.63. The third-order valence-electron chi connectivity index (χ3n) is 6.97. The largest absolute Gasteiger partial charge is 0.510 e. The van der Waals surface area contributed by atoms with Crippen LogP contribution >= 0.6 is 11.6 Å². The second-order valence-electron chi connectivity index (χ2n) is 8.89. The van der Waals surface area contributed by atoms with Crippen molar-refractivity contribution in [1.82, 2.24) is 4.90 Å². The number of hydrogen-bond acceptors (Lipinski definition) is 9. The number of primary amides is 1. The van der Waals surface area contributed by atoms with E-state index < -0.39 is 58.0 Å². The zero-order valence-corrected chi connectivity index (χ0v) is 18.7. The number of likely N-dealkylation sites (N-methyl/N-ethyl adjacent to an activating group) is 1. The summed E-state index contributed by atoms with van der Waals surface area (Å²) in [6.07, 6.45) is 0.132. The number of allylic oxidation sites excluding steroid dienone is 1. The van der Waals surface area contributed by atoms with Crippen molar-refractivity contribution in [1.29, 1.82) is 0 Å². The van der Waals surface area contributed by atoms with Crippen molar-refractivity contribution in [2.75, 3.05) is 14.1 Å². The van der Waals surface area contributed by atoms with Gasteiger partial charge in [0, 0.05) is 28.6 Å². The number of carbonyl (C=O) groups is 3. The number of nitrogens with two attached hydrogens (primary N) is 2. The lowest BCUT2D eigenvalue weighted by molar-refractivity contribution is -0.148. The van der Waals surface area contributed by atoms with Gasteiger partial charge in [-0.2, -0.15) is 0 Å². The zero-order valence-electron chi connectivity index (χ0n) is 17.9. The Hall–Kier alpha value is -2.92. The number of aromatic hydroxyl groups is 1. The number of carbonyl (C=O) groups excluding carboxylic acids is 3. The highest BCUT2D eigenvalue weighted by Crippen LogP contribution is 2.53. The summed E-state index contributed by atoms with van der Waals surface area (Å²) in [4.78, 5) is 40.1. The second-order valence-corrected chi connectivity index (χ2v) is 9.29. The number of ketones is 2. The molecule has 0 fully saturated rings. The summed E-state index contributed by atoms with van der Waals surface area (Å²) < 4.78 is 0. The number of amides is 1. The summed E-state index contributed by atoms with van der Waals surface area (Å²) in [6.45, 7) is -0.0956. The lowest BCUT2D eigenvalue weighted by atomic mass is 9.58. The van der Waals surface area contributed by atoms with Gasteiger partial charge in [0.2, 0.25) is 5.78 Å². The van der Waals surface area contributed by atoms with E-state index in [9.17, 15) is 34.8 Å². The third-order valence-corrected chi connectivity index (χ3v) is 7.30. The summed E-state index contributed by atoms with van der Waals surface area (Å²) in [7, 11) is 3.13. The van der Waals surface area contributed by atoms with Gasteiger partial charge in [-0.3, -0.25) is 19.3 Å². The summed E-state index contributed by atoms with van der Waals surface area (Å²) in [5, 5.41) is 44.2. The van der Waals surface area contributed by atoms with Crippen LogP contribution in [0.15, 0.2) is 28.7 Å². The van der Waals surface area contributed by atoms with Gasteiger partial charge in [-0.05, 0) is 44.5 Å². The predicted octanol–water partition coefficient (Wildman–Crippen LogP) is 0.233. The molecule has 33 heavy (non-hydrogen) atoms. The minimum atomic E-state index is -2.67. The first-order chi connectivity index (χ1) is 15.4. The maximum absolute atomic E-state index is 13.5. The number of aliphatic hydroxyl groups excluding tert-OH is 2. The fraction of sp³-hybridized carbons (Fsp3) is 0.409. The van der Waals surface area contributed by atoms with Crippen LogP contribution in [0, 0.1) is 11.8 Å². The van der Waals surface area contributed by atoms with Gasteiger partial charge in [0.1, 0.15) is 22.8 Å². The fourth-order valence-electron chi connectivity index (χ4n) is 5.48. The van der Waals surface area contributed by atoms with Gasteiger partial charge in [0.15, 0.2) is 11.4 Å². The summed E-state index contributed by atoms with van der Waals surface area (Å²) in [6, 6.07) is 0.427. The van der Waals surface area contributed by atoms with E-state index in [1.807, 2.05) is 0 Å². The molecule has 8 N–H and O–H groups in total. The van der Waals surface area contributed by atoms with Crippen molar-refractivity contribution < 1.29 is 34.8 Å². The van der Waals surface area contributed by atoms with E-state index in [2.05, 4.69) is 0 Å². The first kappa shape index (κ1) is 23.2. The Balaban J connectivity index is 1.98. The van der Waals surface area contributed by atoms with Crippen molar-refractivity contribution in [3.05, 3.63) is 50.4 Å². The summed E-state index contributed by atoms with van der Waals surface area (Å²) >= 11 is 6.37. The Labute approximate surface area is 193 Å². The number of halogens is 1. The molecule has 0 radical (unpaired) electrons. The molecule has 3 aliphatic rings. The molecule has 3 aliphatic carbocycles. The minimum Gasteiger partial charge on any atom is -0.510 e. The van der Waals surface area contributed by atoms with Gasteiger partial charge < -0.3 is 31.9 Å². The molecule has 11 heteroatoms. The molecule has 4 rings (SSSR count). The standard InChI is InChI=1S/C22H24ClN3O7/c1-26(2)15-10-4-7-3-9-11(23)5-8(6-24)16(27)13(9)17(28)12(7)19(30)22(10,33)20(31)14(18(15)29)21(25)32/h5,7,10,15,27,29-30,33H,3-4,6,24H2,1-2H3,(H2,25,32)/t7?,10-,15-,22-/m0/s1. The topological polar surface area (TPSA) is 187 Å². The monoisotopic (exact) mass is 477 g/mol. The number of benzene rings is 1. The molecule has 1 unspecified atom stereocenters. The molecular weight excluding hydrogens is 454 g/mol. The van der Waals surface area contributed by atoms with E-state index in [-0.39, 0.29) is 46.9 Å². The molecule has 10 nitrogen and oxygen atoms in total. The van der Waals surface area contributed by atoms with E-state index in [0.717, 1.165) is 0 Å². The van der Waals surface area contributed by atoms with Gasteiger partial charge >= 0.3 is 0 Å². The van der Waals surface area contributed by atoms with Crippen LogP contribution in [0.1, 0.15) is 27.9 Å². The molecular formula is C22H24ClN3O7. The van der Waals surface area contributed by atoms with E-state index in [1.165, 1.54) is 11.0 Å². The third kappa shape index (κ3) is 2.95. The van der Waals surface area contributed by atoms with Crippen LogP contribution in [0.25, 0.3) is 0 Å². The SMILES string of the molecule is CN(C)[C@@H]1C(O)=C(C(N)=O)C(=O)[C@@]2(O)C(O)=C3C(=O)c4c(O)c(CN)cc(Cl)c4CC3C[C@@H]12. The quantitative estimate of drug-likeness (QED) is 0.331. The highest BCUT2D eigenvalue weighted by atomic mass is 35.5. The molecule has 0 spiro atoms. The maximum Gasteiger partial charge on any atom is 0.255 e. The maximum atomic E-state index is 13.5. The Bertz CT molecular complexity index is 1190. The van der Waals surface area contributed by atoms with Crippen molar-refractivity contribution in [2.45, 2.75) is 31.0 Å². The molecule has 0 heterocycles. The Morgan fingerprint density at radius 2 is 1.91 bits per heavy atom. The second kappa shape index (κ2) is 7.56. The number of phenols is 1. The van der Waals surface area contributed by atoms with Crippen LogP contribution < -0.4 is 11.5 Å². The molecule has 0 aliphatic heterocycles. The molecule has 0 saturated heterocycles. The van der Waals surface area contributed by atoms with Gasteiger partial charge in [-0.25, -0.2) is 0 Å². The summed E-state index contributed by atoms with van der Waals surface area (Å²) in [5.74, 6) is -7.02. The number of hydrogen-bond donors (Lipinski definition) is 6. The molecule has 1 aromatic rings. The zero-order chi connectivity index (χ0) is 24.6. The van der Waals surface area contributed by atoms with E-state index in [0.29, 0.717) is 5.56 Å². The highest BCUT2D eigenvalue weighted by molar-refractivity contribution is 6.33. The van der Waals surface area contributed by atoms with Crippen LogP contribution in [0.5, 0.6) is 5.75 Å². The number of fused-ring (bicyclic) bond motifs is 3. The molecule has 0 saturated carbocycles. The first-order valence-electron chi connectivity index (χ1n) is 10.3. The van der Waals surface area contributed by atoms with E-state index in [4.69, 9.17) is 23.1 Å². The molecule has 0 bridgehead atoms. The normalized spacial score (nSPS) is 29.2. The minimum absolute atomic E-state index is 0.00148. The van der Waals surface area contributed by atoms with Gasteiger partial charge in [-0.15, -0.1) is 0 Å². The fourth-order valence-corrected chi connectivity index (χ4v) is 5.78. The van der Waals surface area contributed by atoms with Gasteiger partial charge in [-0.1, -0.05) is 11.6 Å². The smallest absolute Gasteiger partial charge is 0.255 e. The Morgan fingerprint density at radius 1 is 1.27 bits per heavy atom. The number of Topliss-reactive ketones (excluding diaryl/α,β-unsaturated/α-hetero) is 2. The first-order valence-corrected chi connectivity index (χ1v) is 10.6. The molecule has 4 atom stereocenters. The predicted molar refractivity (Wildman–Crippen MR) is 117 cm³/mol. The van der Waals surface area contributed by atoms with Crippen LogP contribution in [0.2, 0.25) is 5.02 Å². The molecule has 1 aromatic carbocycles. The molecule has 176 valence electrons. The number of aliphatic hydroxyl groups is 3.